The largest absolute Gasteiger partial charge is 0.472 e. The number of phosphoric acid groups is 1. The van der Waals surface area contributed by atoms with Gasteiger partial charge in [-0.3, -0.25) is 13.8 Å². The third-order valence-corrected chi connectivity index (χ3v) is 9.55. The maximum Gasteiger partial charge on any atom is 0.472 e. The highest BCUT2D eigenvalue weighted by atomic mass is 31.2. The van der Waals surface area contributed by atoms with Crippen LogP contribution < -0.4 is 0 Å². The van der Waals surface area contributed by atoms with Crippen molar-refractivity contribution in [3.05, 3.63) is 85.1 Å². The molecular formula is C46H79O9P. The first kappa shape index (κ1) is 53.6. The van der Waals surface area contributed by atoms with Crippen molar-refractivity contribution in [1.82, 2.24) is 0 Å². The predicted octanol–water partition coefficient (Wildman–Crippen LogP) is 11.9. The van der Waals surface area contributed by atoms with Crippen molar-refractivity contribution in [3.8, 4) is 0 Å². The predicted molar refractivity (Wildman–Crippen MR) is 232 cm³/mol. The van der Waals surface area contributed by atoms with Gasteiger partial charge in [0.25, 0.3) is 0 Å². The van der Waals surface area contributed by atoms with E-state index in [4.69, 9.17) is 23.6 Å². The van der Waals surface area contributed by atoms with Crippen LogP contribution >= 0.6 is 7.82 Å². The SMILES string of the molecule is CC/C=C\C/C=C\C/C=C\C/C=C\C/C=C\C/C=C\C/C=C\CCCC(=O)OC(COCCCCCCCCCCCCCC)COP(=O)(O)OCC(O)CO. The normalized spacial score (nSPS) is 14.9. The number of hydrogen-bond acceptors (Lipinski definition) is 8. The molecule has 3 atom stereocenters. The second-order valence-corrected chi connectivity index (χ2v) is 15.4. The van der Waals surface area contributed by atoms with Gasteiger partial charge >= 0.3 is 13.8 Å². The molecule has 0 heterocycles. The highest BCUT2D eigenvalue weighted by Crippen LogP contribution is 2.43. The first-order chi connectivity index (χ1) is 27.3. The second-order valence-electron chi connectivity index (χ2n) is 14.0. The lowest BCUT2D eigenvalue weighted by molar-refractivity contribution is -0.154. The number of esters is 1. The van der Waals surface area contributed by atoms with Crippen molar-refractivity contribution in [2.24, 2.45) is 0 Å². The van der Waals surface area contributed by atoms with E-state index in [0.717, 1.165) is 70.6 Å². The van der Waals surface area contributed by atoms with E-state index in [1.807, 2.05) is 6.08 Å². The fourth-order valence-corrected chi connectivity index (χ4v) is 6.13. The molecule has 0 amide bonds. The Labute approximate surface area is 341 Å². The number of aliphatic hydroxyl groups is 2. The van der Waals surface area contributed by atoms with Crippen LogP contribution in [0.15, 0.2) is 85.1 Å². The molecule has 0 saturated carbocycles. The smallest absolute Gasteiger partial charge is 0.457 e. The summed E-state index contributed by atoms with van der Waals surface area (Å²) in [6.07, 6.45) is 51.2. The highest BCUT2D eigenvalue weighted by molar-refractivity contribution is 7.47. The zero-order valence-corrected chi connectivity index (χ0v) is 36.0. The molecule has 0 aliphatic rings. The van der Waals surface area contributed by atoms with E-state index in [1.165, 1.54) is 57.8 Å². The lowest BCUT2D eigenvalue weighted by Crippen LogP contribution is -2.29. The Kier molecular flexibility index (Phi) is 40.5. The molecule has 3 N–H and O–H groups in total. The van der Waals surface area contributed by atoms with E-state index in [1.54, 1.807) is 0 Å². The van der Waals surface area contributed by atoms with Gasteiger partial charge in [-0.05, 0) is 64.2 Å². The molecule has 0 aromatic carbocycles. The van der Waals surface area contributed by atoms with Crippen LogP contribution in [0.5, 0.6) is 0 Å². The van der Waals surface area contributed by atoms with Gasteiger partial charge < -0.3 is 24.6 Å². The van der Waals surface area contributed by atoms with E-state index in [9.17, 15) is 19.4 Å². The summed E-state index contributed by atoms with van der Waals surface area (Å²) < 4.78 is 33.3. The van der Waals surface area contributed by atoms with Gasteiger partial charge in [0.1, 0.15) is 12.2 Å². The van der Waals surface area contributed by atoms with Crippen LogP contribution in [0, 0.1) is 0 Å². The van der Waals surface area contributed by atoms with Crippen molar-refractivity contribution in [2.45, 2.75) is 167 Å². The van der Waals surface area contributed by atoms with Crippen molar-refractivity contribution in [2.75, 3.05) is 33.0 Å². The van der Waals surface area contributed by atoms with Crippen LogP contribution in [-0.4, -0.2) is 66.3 Å². The molecule has 322 valence electrons. The minimum Gasteiger partial charge on any atom is -0.457 e. The first-order valence-corrected chi connectivity index (χ1v) is 23.1. The standard InChI is InChI=1S/C46H79O9P/c1-3-5-7-9-11-13-15-17-18-19-20-21-22-23-24-25-26-27-28-30-32-34-36-38-46(49)55-45(43-54-56(50,51)53-41-44(48)40-47)42-52-39-37-35-33-31-29-16-14-12-10-8-6-4-2/h5,7,11,13,17-18,20-21,23-24,26-27,30,32,44-45,47-48H,3-4,6,8-10,12,14-16,19,22,25,28-29,31,33-43H2,1-2H3,(H,50,51)/b7-5-,13-11-,18-17-,21-20-,24-23-,27-26-,32-30-. The van der Waals surface area contributed by atoms with Crippen molar-refractivity contribution in [1.29, 1.82) is 0 Å². The Balaban J connectivity index is 4.30. The van der Waals surface area contributed by atoms with Gasteiger partial charge in [-0.1, -0.05) is 170 Å². The van der Waals surface area contributed by atoms with Crippen LogP contribution in [0.3, 0.4) is 0 Å². The third kappa shape index (κ3) is 41.3. The summed E-state index contributed by atoms with van der Waals surface area (Å²) >= 11 is 0. The number of unbranched alkanes of at least 4 members (excludes halogenated alkanes) is 12. The second kappa shape index (κ2) is 42.3. The molecule has 0 aromatic heterocycles. The van der Waals surface area contributed by atoms with E-state index < -0.39 is 45.8 Å². The number of carbonyl (C=O) groups excluding carboxylic acids is 1. The van der Waals surface area contributed by atoms with Crippen LogP contribution in [0.1, 0.15) is 155 Å². The van der Waals surface area contributed by atoms with Crippen LogP contribution in [0.2, 0.25) is 0 Å². The number of phosphoric ester groups is 1. The van der Waals surface area contributed by atoms with Crippen molar-refractivity contribution < 1.29 is 43.0 Å². The fourth-order valence-electron chi connectivity index (χ4n) is 5.34. The monoisotopic (exact) mass is 807 g/mol. The average Bonchev–Trinajstić information content (AvgIpc) is 3.19. The van der Waals surface area contributed by atoms with E-state index in [-0.39, 0.29) is 13.0 Å². The zero-order chi connectivity index (χ0) is 41.1. The molecule has 9 nitrogen and oxygen atoms in total. The summed E-state index contributed by atoms with van der Waals surface area (Å²) in [6.45, 7) is 3.31. The van der Waals surface area contributed by atoms with Gasteiger partial charge in [0.2, 0.25) is 0 Å². The number of ether oxygens (including phenoxy) is 2. The van der Waals surface area contributed by atoms with Gasteiger partial charge in [0.05, 0.1) is 26.4 Å². The van der Waals surface area contributed by atoms with Crippen LogP contribution in [0.25, 0.3) is 0 Å². The van der Waals surface area contributed by atoms with Crippen LogP contribution in [-0.2, 0) is 27.9 Å². The number of carbonyl (C=O) groups is 1. The topological polar surface area (TPSA) is 132 Å². The summed E-state index contributed by atoms with van der Waals surface area (Å²) in [6, 6.07) is 0. The number of aliphatic hydroxyl groups excluding tert-OH is 2. The molecule has 0 fully saturated rings. The molecule has 0 spiro atoms. The number of rotatable bonds is 40. The molecule has 0 aromatic rings. The highest BCUT2D eigenvalue weighted by Gasteiger charge is 2.26. The van der Waals surface area contributed by atoms with Gasteiger partial charge in [0.15, 0.2) is 0 Å². The van der Waals surface area contributed by atoms with Gasteiger partial charge in [0, 0.05) is 13.0 Å². The summed E-state index contributed by atoms with van der Waals surface area (Å²) in [5.74, 6) is -0.442. The first-order valence-electron chi connectivity index (χ1n) is 21.6. The fraction of sp³-hybridized carbons (Fsp3) is 0.674. The molecule has 0 rings (SSSR count). The summed E-state index contributed by atoms with van der Waals surface area (Å²) in [4.78, 5) is 22.5. The van der Waals surface area contributed by atoms with E-state index in [2.05, 4.69) is 92.8 Å². The Bertz CT molecular complexity index is 1140. The molecule has 10 heteroatoms. The maximum atomic E-state index is 12.6. The maximum absolute atomic E-state index is 12.6. The Morgan fingerprint density at radius 2 is 1.00 bits per heavy atom. The summed E-state index contributed by atoms with van der Waals surface area (Å²) in [5.41, 5.74) is 0. The average molecular weight is 807 g/mol. The number of allylic oxidation sites excluding steroid dienone is 14. The molecule has 3 unspecified atom stereocenters. The summed E-state index contributed by atoms with van der Waals surface area (Å²) in [7, 11) is -4.53. The molecule has 0 radical (unpaired) electrons. The Morgan fingerprint density at radius 1 is 0.571 bits per heavy atom. The molecule has 0 bridgehead atoms. The lowest BCUT2D eigenvalue weighted by Gasteiger charge is -2.20. The number of hydrogen-bond donors (Lipinski definition) is 3. The minimum absolute atomic E-state index is 0.0227. The molecular weight excluding hydrogens is 727 g/mol. The quantitative estimate of drug-likeness (QED) is 0.0240. The molecule has 0 aliphatic heterocycles. The van der Waals surface area contributed by atoms with Crippen molar-refractivity contribution in [3.63, 3.8) is 0 Å². The van der Waals surface area contributed by atoms with Gasteiger partial charge in [-0.25, -0.2) is 4.57 Å². The minimum atomic E-state index is -4.53. The third-order valence-electron chi connectivity index (χ3n) is 8.60. The zero-order valence-electron chi connectivity index (χ0n) is 35.1. The van der Waals surface area contributed by atoms with Gasteiger partial charge in [-0.15, -0.1) is 0 Å². The Hall–Kier alpha value is -2.36. The summed E-state index contributed by atoms with van der Waals surface area (Å²) in [5, 5.41) is 18.3. The molecule has 0 saturated heterocycles. The lowest BCUT2D eigenvalue weighted by atomic mass is 10.1. The molecule has 56 heavy (non-hydrogen) atoms. The Morgan fingerprint density at radius 3 is 1.46 bits per heavy atom. The van der Waals surface area contributed by atoms with Crippen LogP contribution in [0.4, 0.5) is 0 Å². The van der Waals surface area contributed by atoms with E-state index >= 15 is 0 Å². The van der Waals surface area contributed by atoms with Crippen molar-refractivity contribution >= 4 is 13.8 Å². The molecule has 0 aliphatic carbocycles. The van der Waals surface area contributed by atoms with E-state index in [0.29, 0.717) is 13.0 Å². The van der Waals surface area contributed by atoms with Gasteiger partial charge in [-0.2, -0.15) is 0 Å².